The second kappa shape index (κ2) is 14.4. The molecule has 0 aromatic heterocycles. The van der Waals surface area contributed by atoms with Crippen molar-refractivity contribution >= 4 is 15.2 Å². The highest BCUT2D eigenvalue weighted by Gasteiger charge is 2.59. The van der Waals surface area contributed by atoms with E-state index in [0.29, 0.717) is 12.0 Å². The van der Waals surface area contributed by atoms with E-state index in [1.807, 2.05) is 32.9 Å². The fourth-order valence-corrected chi connectivity index (χ4v) is 6.61. The Balaban J connectivity index is 3.10. The molecule has 0 unspecified atom stereocenters. The average Bonchev–Trinajstić information content (AvgIpc) is 2.73. The van der Waals surface area contributed by atoms with Gasteiger partial charge in [-0.3, -0.25) is 9.13 Å². The third-order valence-corrected chi connectivity index (χ3v) is 10.7. The maximum absolute atomic E-state index is 12.5. The number of rotatable bonds is 14. The predicted molar refractivity (Wildman–Crippen MR) is 150 cm³/mol. The molecular formula is C28H44O6P2. The Morgan fingerprint density at radius 3 is 1.53 bits per heavy atom. The van der Waals surface area contributed by atoms with E-state index in [-0.39, 0.29) is 0 Å². The molecule has 8 heteroatoms. The summed E-state index contributed by atoms with van der Waals surface area (Å²) in [4.78, 5) is 38.1. The van der Waals surface area contributed by atoms with Crippen LogP contribution in [0.2, 0.25) is 0 Å². The van der Waals surface area contributed by atoms with E-state index in [9.17, 15) is 28.7 Å². The second-order valence-corrected chi connectivity index (χ2v) is 14.5. The van der Waals surface area contributed by atoms with Crippen molar-refractivity contribution in [2.45, 2.75) is 91.4 Å². The van der Waals surface area contributed by atoms with Gasteiger partial charge in [-0.2, -0.15) is 0 Å². The zero-order valence-electron chi connectivity index (χ0n) is 22.6. The predicted octanol–water partition coefficient (Wildman–Crippen LogP) is 7.60. The summed E-state index contributed by atoms with van der Waals surface area (Å²) in [6.07, 6.45) is 11.3. The van der Waals surface area contributed by atoms with Crippen LogP contribution in [0.4, 0.5) is 0 Å². The molecule has 0 aliphatic heterocycles. The van der Waals surface area contributed by atoms with E-state index < -0.39 is 32.9 Å². The van der Waals surface area contributed by atoms with Crippen LogP contribution in [0.3, 0.4) is 0 Å². The Morgan fingerprint density at radius 1 is 0.694 bits per heavy atom. The number of hydrogen-bond acceptors (Lipinski definition) is 2. The van der Waals surface area contributed by atoms with Crippen molar-refractivity contribution in [3.05, 3.63) is 82.0 Å². The van der Waals surface area contributed by atoms with Crippen LogP contribution in [0.25, 0.3) is 0 Å². The highest BCUT2D eigenvalue weighted by atomic mass is 31.2. The van der Waals surface area contributed by atoms with Gasteiger partial charge in [-0.1, -0.05) is 70.9 Å². The van der Waals surface area contributed by atoms with Crippen molar-refractivity contribution in [2.24, 2.45) is 0 Å². The number of benzene rings is 1. The fourth-order valence-electron chi connectivity index (χ4n) is 3.82. The molecule has 0 saturated heterocycles. The summed E-state index contributed by atoms with van der Waals surface area (Å²) in [5, 5.41) is 0. The highest BCUT2D eigenvalue weighted by molar-refractivity contribution is 7.72. The van der Waals surface area contributed by atoms with Crippen molar-refractivity contribution in [2.75, 3.05) is 0 Å². The Hall–Kier alpha value is -1.52. The summed E-state index contributed by atoms with van der Waals surface area (Å²) in [6, 6.07) is 7.10. The summed E-state index contributed by atoms with van der Waals surface area (Å²) in [5.41, 5.74) is 6.08. The van der Waals surface area contributed by atoms with Crippen LogP contribution in [-0.2, 0) is 22.0 Å². The van der Waals surface area contributed by atoms with Gasteiger partial charge < -0.3 is 19.6 Å². The SMILES string of the molecule is CC(C)=CCC/C(C)=C/Cc1ccc(CC(C/C=C(\C)CCC=C(C)C)(P(=O)(O)O)P(=O)(O)O)cc1. The van der Waals surface area contributed by atoms with Crippen LogP contribution >= 0.6 is 15.2 Å². The van der Waals surface area contributed by atoms with Crippen molar-refractivity contribution in [1.29, 1.82) is 0 Å². The van der Waals surface area contributed by atoms with E-state index in [1.165, 1.54) is 16.7 Å². The summed E-state index contributed by atoms with van der Waals surface area (Å²) in [5.74, 6) is 0. The molecule has 1 aromatic rings. The molecule has 0 spiro atoms. The van der Waals surface area contributed by atoms with Gasteiger partial charge in [0.25, 0.3) is 0 Å². The largest absolute Gasteiger partial charge is 0.344 e. The van der Waals surface area contributed by atoms with Gasteiger partial charge in [0.2, 0.25) is 0 Å². The Labute approximate surface area is 217 Å². The Bertz CT molecular complexity index is 1040. The number of hydrogen-bond donors (Lipinski definition) is 4. The van der Waals surface area contributed by atoms with Gasteiger partial charge in [0.05, 0.1) is 0 Å². The Kier molecular flexibility index (Phi) is 13.0. The van der Waals surface area contributed by atoms with Crippen LogP contribution in [-0.4, -0.2) is 24.5 Å². The van der Waals surface area contributed by atoms with E-state index in [4.69, 9.17) is 0 Å². The zero-order valence-corrected chi connectivity index (χ0v) is 24.4. The Morgan fingerprint density at radius 2 is 1.11 bits per heavy atom. The molecule has 0 bridgehead atoms. The van der Waals surface area contributed by atoms with E-state index in [1.54, 1.807) is 18.2 Å². The molecule has 0 saturated carbocycles. The van der Waals surface area contributed by atoms with Crippen LogP contribution in [0.5, 0.6) is 0 Å². The first kappa shape index (κ1) is 32.5. The zero-order chi connectivity index (χ0) is 27.6. The molecule has 4 N–H and O–H groups in total. The minimum absolute atomic E-state index is 0.405. The molecule has 0 amide bonds. The maximum atomic E-state index is 12.5. The molecule has 202 valence electrons. The standard InChI is InChI=1S/C28H44O6P2/c1-22(2)9-7-11-24(5)13-14-26-15-17-27(18-16-26)21-28(35(29,30)31,36(32,33)34)20-19-25(6)12-8-10-23(3)4/h9-10,13,15-19H,7-8,11-12,14,20-21H2,1-6H3,(H2,29,30,31)(H2,32,33,34)/b24-13+,25-19+. The van der Waals surface area contributed by atoms with Crippen LogP contribution < -0.4 is 0 Å². The molecule has 0 aliphatic carbocycles. The molecular weight excluding hydrogens is 494 g/mol. The monoisotopic (exact) mass is 538 g/mol. The molecule has 1 aromatic carbocycles. The van der Waals surface area contributed by atoms with Gasteiger partial charge in [0, 0.05) is 6.42 Å². The fraction of sp³-hybridized carbons (Fsp3) is 0.500. The molecule has 0 heterocycles. The summed E-state index contributed by atoms with van der Waals surface area (Å²) in [7, 11) is -10.4. The van der Waals surface area contributed by atoms with Crippen molar-refractivity contribution in [1.82, 2.24) is 0 Å². The molecule has 0 fully saturated rings. The van der Waals surface area contributed by atoms with Gasteiger partial charge in [-0.05, 0) is 91.2 Å². The van der Waals surface area contributed by atoms with E-state index in [2.05, 4.69) is 39.0 Å². The van der Waals surface area contributed by atoms with Crippen LogP contribution in [0.1, 0.15) is 84.8 Å². The highest BCUT2D eigenvalue weighted by Crippen LogP contribution is 2.72. The van der Waals surface area contributed by atoms with Crippen molar-refractivity contribution in [3.63, 3.8) is 0 Å². The third kappa shape index (κ3) is 10.8. The van der Waals surface area contributed by atoms with Gasteiger partial charge >= 0.3 is 15.2 Å². The summed E-state index contributed by atoms with van der Waals surface area (Å²) in [6.45, 7) is 12.0. The van der Waals surface area contributed by atoms with Crippen LogP contribution in [0.15, 0.2) is 70.9 Å². The lowest BCUT2D eigenvalue weighted by molar-refractivity contribution is 0.305. The smallest absolute Gasteiger partial charge is 0.324 e. The number of allylic oxidation sites excluding steroid dienone is 8. The van der Waals surface area contributed by atoms with Gasteiger partial charge in [-0.15, -0.1) is 0 Å². The quantitative estimate of drug-likeness (QED) is 0.143. The first-order valence-electron chi connectivity index (χ1n) is 12.3. The molecule has 36 heavy (non-hydrogen) atoms. The molecule has 0 atom stereocenters. The maximum Gasteiger partial charge on any atom is 0.344 e. The lowest BCUT2D eigenvalue weighted by Crippen LogP contribution is -2.31. The molecule has 0 aliphatic rings. The molecule has 0 radical (unpaired) electrons. The normalized spacial score (nSPS) is 13.5. The summed E-state index contributed by atoms with van der Waals surface area (Å²) < 4.78 is 25.1. The van der Waals surface area contributed by atoms with E-state index >= 15 is 0 Å². The van der Waals surface area contributed by atoms with Gasteiger partial charge in [0.15, 0.2) is 4.90 Å². The second-order valence-electron chi connectivity index (χ2n) is 10.2. The minimum Gasteiger partial charge on any atom is -0.324 e. The third-order valence-electron chi connectivity index (χ3n) is 6.24. The first-order valence-corrected chi connectivity index (χ1v) is 15.6. The van der Waals surface area contributed by atoms with Gasteiger partial charge in [-0.25, -0.2) is 0 Å². The van der Waals surface area contributed by atoms with Crippen molar-refractivity contribution < 1.29 is 28.7 Å². The van der Waals surface area contributed by atoms with E-state index in [0.717, 1.165) is 36.8 Å². The molecule has 6 nitrogen and oxygen atoms in total. The lowest BCUT2D eigenvalue weighted by atomic mass is 10.0. The minimum atomic E-state index is -5.18. The van der Waals surface area contributed by atoms with Gasteiger partial charge in [0.1, 0.15) is 0 Å². The lowest BCUT2D eigenvalue weighted by Gasteiger charge is -2.34. The first-order chi connectivity index (χ1) is 16.6. The van der Waals surface area contributed by atoms with Crippen molar-refractivity contribution in [3.8, 4) is 0 Å². The molecule has 1 rings (SSSR count). The topological polar surface area (TPSA) is 115 Å². The van der Waals surface area contributed by atoms with Crippen LogP contribution in [0, 0.1) is 0 Å². The average molecular weight is 539 g/mol. The summed E-state index contributed by atoms with van der Waals surface area (Å²) >= 11 is 0.